The number of carboxylic acid groups (broad SMARTS) is 1. The van der Waals surface area contributed by atoms with Crippen LogP contribution in [0.4, 0.5) is 14.5 Å². The molecule has 1 aromatic heterocycles. The third-order valence-electron chi connectivity index (χ3n) is 4.88. The molecule has 0 bridgehead atoms. The molecule has 0 spiro atoms. The Morgan fingerprint density at radius 2 is 1.91 bits per heavy atom. The van der Waals surface area contributed by atoms with Crippen LogP contribution in [0.3, 0.4) is 0 Å². The standard InChI is InChI=1S/C25H24F2N4O4/c1-15-19(12-31(29-15)21-7-5-17(26)10-20(21)27)24(34)30(13-23(32)33)18-6-8-22(16(9-18)11-28)35-14-25(2,3)4/h5-10,12H,13-14H2,1-4H3,(H,32,33). The summed E-state index contributed by atoms with van der Waals surface area (Å²) < 4.78 is 34.3. The van der Waals surface area contributed by atoms with Gasteiger partial charge in [-0.15, -0.1) is 0 Å². The first-order valence-electron chi connectivity index (χ1n) is 10.6. The van der Waals surface area contributed by atoms with Gasteiger partial charge in [0.05, 0.1) is 23.4 Å². The second-order valence-electron chi connectivity index (χ2n) is 9.10. The van der Waals surface area contributed by atoms with E-state index in [9.17, 15) is 28.7 Å². The number of hydrogen-bond donors (Lipinski definition) is 1. The number of nitriles is 1. The van der Waals surface area contributed by atoms with Crippen molar-refractivity contribution in [2.45, 2.75) is 27.7 Å². The Kier molecular flexibility index (Phi) is 7.20. The highest BCUT2D eigenvalue weighted by Gasteiger charge is 2.26. The van der Waals surface area contributed by atoms with Crippen molar-refractivity contribution in [2.24, 2.45) is 5.41 Å². The number of hydrogen-bond acceptors (Lipinski definition) is 5. The summed E-state index contributed by atoms with van der Waals surface area (Å²) in [4.78, 5) is 25.9. The van der Waals surface area contributed by atoms with E-state index in [0.29, 0.717) is 18.4 Å². The number of nitrogens with zero attached hydrogens (tertiary/aromatic N) is 4. The van der Waals surface area contributed by atoms with Crippen molar-refractivity contribution in [1.82, 2.24) is 9.78 Å². The number of benzene rings is 2. The van der Waals surface area contributed by atoms with Crippen LogP contribution in [-0.2, 0) is 4.79 Å². The van der Waals surface area contributed by atoms with Gasteiger partial charge >= 0.3 is 5.97 Å². The number of carbonyl (C=O) groups excluding carboxylic acids is 1. The number of ether oxygens (including phenoxy) is 1. The van der Waals surface area contributed by atoms with Crippen molar-refractivity contribution in [1.29, 1.82) is 5.26 Å². The van der Waals surface area contributed by atoms with Crippen LogP contribution in [0.15, 0.2) is 42.6 Å². The fourth-order valence-electron chi connectivity index (χ4n) is 3.21. The van der Waals surface area contributed by atoms with Crippen molar-refractivity contribution in [3.63, 3.8) is 0 Å². The third kappa shape index (κ3) is 6.00. The maximum atomic E-state index is 14.2. The van der Waals surface area contributed by atoms with Gasteiger partial charge in [-0.05, 0) is 42.7 Å². The zero-order valence-corrected chi connectivity index (χ0v) is 19.7. The number of amides is 1. The number of aryl methyl sites for hydroxylation is 1. The lowest BCUT2D eigenvalue weighted by Crippen LogP contribution is -2.36. The molecule has 0 fully saturated rings. The average Bonchev–Trinajstić information content (AvgIpc) is 3.16. The van der Waals surface area contributed by atoms with E-state index in [-0.39, 0.29) is 33.6 Å². The van der Waals surface area contributed by atoms with Gasteiger partial charge in [0, 0.05) is 18.0 Å². The molecular formula is C25H24F2N4O4. The summed E-state index contributed by atoms with van der Waals surface area (Å²) >= 11 is 0. The number of aliphatic carboxylic acids is 1. The summed E-state index contributed by atoms with van der Waals surface area (Å²) in [6.07, 6.45) is 1.24. The van der Waals surface area contributed by atoms with Gasteiger partial charge in [0.25, 0.3) is 5.91 Å². The van der Waals surface area contributed by atoms with E-state index in [4.69, 9.17) is 4.74 Å². The predicted molar refractivity (Wildman–Crippen MR) is 124 cm³/mol. The molecule has 2 aromatic carbocycles. The molecule has 1 heterocycles. The number of aromatic nitrogens is 2. The molecule has 0 atom stereocenters. The highest BCUT2D eigenvalue weighted by Crippen LogP contribution is 2.28. The zero-order valence-electron chi connectivity index (χ0n) is 19.7. The molecule has 3 aromatic rings. The Balaban J connectivity index is 1.99. The van der Waals surface area contributed by atoms with Crippen LogP contribution in [-0.4, -0.2) is 39.9 Å². The molecule has 1 N–H and O–H groups in total. The van der Waals surface area contributed by atoms with E-state index in [1.54, 1.807) is 0 Å². The normalized spacial score (nSPS) is 11.1. The largest absolute Gasteiger partial charge is 0.492 e. The smallest absolute Gasteiger partial charge is 0.323 e. The van der Waals surface area contributed by atoms with Gasteiger partial charge in [-0.3, -0.25) is 14.5 Å². The molecule has 35 heavy (non-hydrogen) atoms. The van der Waals surface area contributed by atoms with Gasteiger partial charge in [0.2, 0.25) is 0 Å². The topological polar surface area (TPSA) is 108 Å². The van der Waals surface area contributed by atoms with Crippen LogP contribution < -0.4 is 9.64 Å². The molecule has 0 unspecified atom stereocenters. The van der Waals surface area contributed by atoms with E-state index < -0.39 is 30.1 Å². The van der Waals surface area contributed by atoms with Crippen LogP contribution in [0.1, 0.15) is 42.4 Å². The molecule has 1 amide bonds. The SMILES string of the molecule is Cc1nn(-c2ccc(F)cc2F)cc1C(=O)N(CC(=O)O)c1ccc(OCC(C)(C)C)c(C#N)c1. The number of rotatable bonds is 7. The quantitative estimate of drug-likeness (QED) is 0.532. The maximum Gasteiger partial charge on any atom is 0.323 e. The average molecular weight is 482 g/mol. The van der Waals surface area contributed by atoms with E-state index >= 15 is 0 Å². The fraction of sp³-hybridized carbons (Fsp3) is 0.280. The molecule has 0 aliphatic rings. The molecule has 0 saturated heterocycles. The van der Waals surface area contributed by atoms with Gasteiger partial charge in [0.1, 0.15) is 29.9 Å². The lowest BCUT2D eigenvalue weighted by atomic mass is 9.98. The van der Waals surface area contributed by atoms with Crippen LogP contribution >= 0.6 is 0 Å². The van der Waals surface area contributed by atoms with Crippen LogP contribution in [0.5, 0.6) is 5.75 Å². The number of halogens is 2. The summed E-state index contributed by atoms with van der Waals surface area (Å²) in [7, 11) is 0. The molecule has 0 aliphatic heterocycles. The van der Waals surface area contributed by atoms with E-state index in [1.807, 2.05) is 26.8 Å². The number of anilines is 1. The summed E-state index contributed by atoms with van der Waals surface area (Å²) in [5, 5.41) is 23.1. The van der Waals surface area contributed by atoms with Crippen LogP contribution in [0, 0.1) is 35.3 Å². The number of carbonyl (C=O) groups is 2. The third-order valence-corrected chi connectivity index (χ3v) is 4.88. The molecule has 0 aliphatic carbocycles. The monoisotopic (exact) mass is 482 g/mol. The van der Waals surface area contributed by atoms with Gasteiger partial charge < -0.3 is 9.84 Å². The zero-order chi connectivity index (χ0) is 25.9. The Labute approximate surface area is 201 Å². The Morgan fingerprint density at radius 3 is 2.51 bits per heavy atom. The Hall–Kier alpha value is -4.26. The van der Waals surface area contributed by atoms with Crippen molar-refractivity contribution >= 4 is 17.6 Å². The second kappa shape index (κ2) is 9.93. The maximum absolute atomic E-state index is 14.2. The molecule has 0 saturated carbocycles. The summed E-state index contributed by atoms with van der Waals surface area (Å²) in [5.74, 6) is -3.32. The minimum absolute atomic E-state index is 0.0153. The first kappa shape index (κ1) is 25.4. The summed E-state index contributed by atoms with van der Waals surface area (Å²) in [5.41, 5.74) is 0.290. The Bertz CT molecular complexity index is 1320. The van der Waals surface area contributed by atoms with Gasteiger partial charge in [0.15, 0.2) is 5.82 Å². The minimum atomic E-state index is -1.28. The van der Waals surface area contributed by atoms with Gasteiger partial charge in [-0.1, -0.05) is 20.8 Å². The van der Waals surface area contributed by atoms with E-state index in [1.165, 1.54) is 37.4 Å². The molecule has 3 rings (SSSR count). The van der Waals surface area contributed by atoms with Crippen molar-refractivity contribution < 1.29 is 28.2 Å². The molecule has 10 heteroatoms. The van der Waals surface area contributed by atoms with Gasteiger partial charge in [-0.25, -0.2) is 13.5 Å². The molecular weight excluding hydrogens is 458 g/mol. The first-order chi connectivity index (χ1) is 16.4. The Morgan fingerprint density at radius 1 is 1.20 bits per heavy atom. The molecule has 0 radical (unpaired) electrons. The lowest BCUT2D eigenvalue weighted by molar-refractivity contribution is -0.135. The first-order valence-corrected chi connectivity index (χ1v) is 10.6. The van der Waals surface area contributed by atoms with Crippen LogP contribution in [0.2, 0.25) is 0 Å². The second-order valence-corrected chi connectivity index (χ2v) is 9.10. The highest BCUT2D eigenvalue weighted by molar-refractivity contribution is 6.08. The van der Waals surface area contributed by atoms with Crippen LogP contribution in [0.25, 0.3) is 5.69 Å². The van der Waals surface area contributed by atoms with Crippen molar-refractivity contribution in [3.05, 3.63) is 71.1 Å². The van der Waals surface area contributed by atoms with E-state index in [2.05, 4.69) is 5.10 Å². The molecule has 182 valence electrons. The van der Waals surface area contributed by atoms with E-state index in [0.717, 1.165) is 15.6 Å². The van der Waals surface area contributed by atoms with Crippen molar-refractivity contribution in [2.75, 3.05) is 18.1 Å². The summed E-state index contributed by atoms with van der Waals surface area (Å²) in [6, 6.07) is 9.30. The van der Waals surface area contributed by atoms with Crippen molar-refractivity contribution in [3.8, 4) is 17.5 Å². The number of carboxylic acids is 1. The minimum Gasteiger partial charge on any atom is -0.492 e. The molecule has 8 nitrogen and oxygen atoms in total. The lowest BCUT2D eigenvalue weighted by Gasteiger charge is -2.23. The fourth-order valence-corrected chi connectivity index (χ4v) is 3.21. The summed E-state index contributed by atoms with van der Waals surface area (Å²) in [6.45, 7) is 7.08. The highest BCUT2D eigenvalue weighted by atomic mass is 19.1. The predicted octanol–water partition coefficient (Wildman–Crippen LogP) is 4.49. The van der Waals surface area contributed by atoms with Gasteiger partial charge in [-0.2, -0.15) is 10.4 Å².